The molecule has 29 heavy (non-hydrogen) atoms. The number of rotatable bonds is 5. The first-order chi connectivity index (χ1) is 14.3. The van der Waals surface area contributed by atoms with Gasteiger partial charge < -0.3 is 9.80 Å². The summed E-state index contributed by atoms with van der Waals surface area (Å²) in [6.45, 7) is 6.08. The molecule has 6 nitrogen and oxygen atoms in total. The van der Waals surface area contributed by atoms with Gasteiger partial charge in [-0.3, -0.25) is 9.69 Å². The number of carbonyl (C=O) groups is 1. The number of hydrogen-bond donors (Lipinski definition) is 0. The maximum Gasteiger partial charge on any atom is 0.227 e. The van der Waals surface area contributed by atoms with Gasteiger partial charge in [0.2, 0.25) is 11.9 Å². The van der Waals surface area contributed by atoms with Crippen molar-refractivity contribution in [3.63, 3.8) is 0 Å². The van der Waals surface area contributed by atoms with Crippen LogP contribution >= 0.6 is 0 Å². The Hall–Kier alpha value is -2.73. The molecule has 0 N–H and O–H groups in total. The van der Waals surface area contributed by atoms with Gasteiger partial charge in [-0.15, -0.1) is 0 Å². The molecule has 1 unspecified atom stereocenters. The molecule has 3 heterocycles. The molecule has 0 saturated carbocycles. The van der Waals surface area contributed by atoms with E-state index in [-0.39, 0.29) is 5.92 Å². The molecule has 2 aliphatic heterocycles. The quantitative estimate of drug-likeness (QED) is 0.784. The Bertz CT molecular complexity index is 803. The Kier molecular flexibility index (Phi) is 6.52. The van der Waals surface area contributed by atoms with Crippen molar-refractivity contribution in [2.24, 2.45) is 5.92 Å². The number of hydrogen-bond acceptors (Lipinski definition) is 5. The highest BCUT2D eigenvalue weighted by Gasteiger charge is 2.31. The van der Waals surface area contributed by atoms with Crippen molar-refractivity contribution in [2.45, 2.75) is 12.8 Å². The number of benzene rings is 1. The molecule has 1 atom stereocenters. The lowest BCUT2D eigenvalue weighted by Crippen LogP contribution is -2.52. The smallest absolute Gasteiger partial charge is 0.227 e. The molecule has 0 aliphatic carbocycles. The standard InChI is InChI=1S/C23H29N5O/c29-22(21-10-5-14-28(19-21)23-24-11-6-12-25-23)27-17-15-26(16-18-27)13-4-9-20-7-2-1-3-8-20/h1-4,6-9,11-12,21H,5,10,13-19H2/b9-4+. The second-order valence-corrected chi connectivity index (χ2v) is 7.77. The zero-order chi connectivity index (χ0) is 19.9. The van der Waals surface area contributed by atoms with Crippen LogP contribution in [0, 0.1) is 5.92 Å². The van der Waals surface area contributed by atoms with E-state index in [0.29, 0.717) is 5.91 Å². The normalized spacial score (nSPS) is 20.9. The second kappa shape index (κ2) is 9.65. The van der Waals surface area contributed by atoms with Crippen LogP contribution in [0.5, 0.6) is 0 Å². The molecule has 2 fully saturated rings. The number of anilines is 1. The molecule has 1 aromatic heterocycles. The molecule has 2 aromatic rings. The van der Waals surface area contributed by atoms with Gasteiger partial charge in [-0.1, -0.05) is 42.5 Å². The lowest BCUT2D eigenvalue weighted by Gasteiger charge is -2.38. The molecule has 4 rings (SSSR count). The lowest BCUT2D eigenvalue weighted by atomic mass is 9.96. The van der Waals surface area contributed by atoms with Crippen LogP contribution in [0.3, 0.4) is 0 Å². The fourth-order valence-electron chi connectivity index (χ4n) is 4.13. The molecule has 0 bridgehead atoms. The minimum atomic E-state index is 0.0529. The second-order valence-electron chi connectivity index (χ2n) is 7.77. The van der Waals surface area contributed by atoms with Gasteiger partial charge in [0.1, 0.15) is 0 Å². The van der Waals surface area contributed by atoms with Crippen LogP contribution in [0.1, 0.15) is 18.4 Å². The van der Waals surface area contributed by atoms with Crippen molar-refractivity contribution >= 4 is 17.9 Å². The maximum absolute atomic E-state index is 13.1. The summed E-state index contributed by atoms with van der Waals surface area (Å²) in [5, 5.41) is 0. The molecule has 0 spiro atoms. The highest BCUT2D eigenvalue weighted by Crippen LogP contribution is 2.22. The van der Waals surface area contributed by atoms with E-state index in [4.69, 9.17) is 0 Å². The molecule has 6 heteroatoms. The third-order valence-electron chi connectivity index (χ3n) is 5.76. The van der Waals surface area contributed by atoms with E-state index in [9.17, 15) is 4.79 Å². The van der Waals surface area contributed by atoms with Gasteiger partial charge >= 0.3 is 0 Å². The first-order valence-corrected chi connectivity index (χ1v) is 10.5. The summed E-state index contributed by atoms with van der Waals surface area (Å²) in [4.78, 5) is 28.4. The van der Waals surface area contributed by atoms with Crippen LogP contribution in [-0.2, 0) is 4.79 Å². The minimum Gasteiger partial charge on any atom is -0.340 e. The van der Waals surface area contributed by atoms with E-state index < -0.39 is 0 Å². The SMILES string of the molecule is O=C(C1CCCN(c2ncccn2)C1)N1CCN(C/C=C/c2ccccc2)CC1. The number of aromatic nitrogens is 2. The van der Waals surface area contributed by atoms with Gasteiger partial charge in [0.15, 0.2) is 0 Å². The summed E-state index contributed by atoms with van der Waals surface area (Å²) < 4.78 is 0. The Labute approximate surface area is 172 Å². The summed E-state index contributed by atoms with van der Waals surface area (Å²) in [6.07, 6.45) is 9.88. The van der Waals surface area contributed by atoms with Gasteiger partial charge in [0.05, 0.1) is 5.92 Å². The predicted octanol–water partition coefficient (Wildman–Crippen LogP) is 2.55. The highest BCUT2D eigenvalue weighted by molar-refractivity contribution is 5.79. The van der Waals surface area contributed by atoms with E-state index in [0.717, 1.165) is 64.6 Å². The number of piperazine rings is 1. The van der Waals surface area contributed by atoms with Gasteiger partial charge in [-0.2, -0.15) is 0 Å². The minimum absolute atomic E-state index is 0.0529. The van der Waals surface area contributed by atoms with Crippen LogP contribution in [-0.4, -0.2) is 71.5 Å². The highest BCUT2D eigenvalue weighted by atomic mass is 16.2. The first kappa shape index (κ1) is 19.6. The fourth-order valence-corrected chi connectivity index (χ4v) is 4.13. The zero-order valence-electron chi connectivity index (χ0n) is 16.9. The van der Waals surface area contributed by atoms with Crippen LogP contribution in [0.4, 0.5) is 5.95 Å². The van der Waals surface area contributed by atoms with Gasteiger partial charge in [-0.25, -0.2) is 9.97 Å². The average Bonchev–Trinajstić information content (AvgIpc) is 2.80. The topological polar surface area (TPSA) is 52.6 Å². The monoisotopic (exact) mass is 391 g/mol. The lowest BCUT2D eigenvalue weighted by molar-refractivity contribution is -0.137. The molecule has 152 valence electrons. The van der Waals surface area contributed by atoms with E-state index in [1.807, 2.05) is 12.1 Å². The summed E-state index contributed by atoms with van der Waals surface area (Å²) in [6, 6.07) is 12.2. The van der Waals surface area contributed by atoms with E-state index >= 15 is 0 Å². The summed E-state index contributed by atoms with van der Waals surface area (Å²) in [5.41, 5.74) is 1.23. The number of nitrogens with zero attached hydrogens (tertiary/aromatic N) is 5. The van der Waals surface area contributed by atoms with Crippen LogP contribution in [0.2, 0.25) is 0 Å². The van der Waals surface area contributed by atoms with Crippen molar-refractivity contribution in [1.29, 1.82) is 0 Å². The van der Waals surface area contributed by atoms with E-state index in [2.05, 4.69) is 61.1 Å². The Morgan fingerprint density at radius 3 is 2.52 bits per heavy atom. The Morgan fingerprint density at radius 2 is 1.76 bits per heavy atom. The third-order valence-corrected chi connectivity index (χ3v) is 5.76. The summed E-state index contributed by atoms with van der Waals surface area (Å²) in [5.74, 6) is 1.09. The van der Waals surface area contributed by atoms with Crippen molar-refractivity contribution in [2.75, 3.05) is 50.7 Å². The predicted molar refractivity (Wildman–Crippen MR) is 115 cm³/mol. The van der Waals surface area contributed by atoms with E-state index in [1.54, 1.807) is 12.4 Å². The molecule has 1 aromatic carbocycles. The maximum atomic E-state index is 13.1. The molecular formula is C23H29N5O. The number of piperidine rings is 1. The Morgan fingerprint density at radius 1 is 1.00 bits per heavy atom. The number of amides is 1. The third kappa shape index (κ3) is 5.21. The molecular weight excluding hydrogens is 362 g/mol. The first-order valence-electron chi connectivity index (χ1n) is 10.5. The van der Waals surface area contributed by atoms with Gasteiger partial charge in [0, 0.05) is 58.2 Å². The van der Waals surface area contributed by atoms with Gasteiger partial charge in [-0.05, 0) is 24.5 Å². The van der Waals surface area contributed by atoms with Crippen LogP contribution < -0.4 is 4.90 Å². The summed E-state index contributed by atoms with van der Waals surface area (Å²) in [7, 11) is 0. The van der Waals surface area contributed by atoms with Crippen molar-refractivity contribution in [3.8, 4) is 0 Å². The van der Waals surface area contributed by atoms with Crippen molar-refractivity contribution in [3.05, 3.63) is 60.4 Å². The van der Waals surface area contributed by atoms with Gasteiger partial charge in [0.25, 0.3) is 0 Å². The van der Waals surface area contributed by atoms with Crippen molar-refractivity contribution < 1.29 is 4.79 Å². The van der Waals surface area contributed by atoms with E-state index in [1.165, 1.54) is 5.56 Å². The number of carbonyl (C=O) groups excluding carboxylic acids is 1. The molecule has 0 radical (unpaired) electrons. The van der Waals surface area contributed by atoms with Crippen LogP contribution in [0.15, 0.2) is 54.9 Å². The molecule has 1 amide bonds. The Balaban J connectivity index is 1.25. The zero-order valence-corrected chi connectivity index (χ0v) is 16.9. The largest absolute Gasteiger partial charge is 0.340 e. The van der Waals surface area contributed by atoms with Crippen molar-refractivity contribution in [1.82, 2.24) is 19.8 Å². The molecule has 2 saturated heterocycles. The molecule has 2 aliphatic rings. The average molecular weight is 392 g/mol. The fraction of sp³-hybridized carbons (Fsp3) is 0.435. The summed E-state index contributed by atoms with van der Waals surface area (Å²) >= 11 is 0. The van der Waals surface area contributed by atoms with Crippen LogP contribution in [0.25, 0.3) is 6.08 Å².